The van der Waals surface area contributed by atoms with Crippen LogP contribution in [0.3, 0.4) is 0 Å². The van der Waals surface area contributed by atoms with Crippen LogP contribution in [0, 0.1) is 0 Å². The number of nitrogens with zero attached hydrogens (tertiary/aromatic N) is 2. The summed E-state index contributed by atoms with van der Waals surface area (Å²) in [7, 11) is 0. The zero-order valence-corrected chi connectivity index (χ0v) is 28.2. The maximum absolute atomic E-state index is 13.1. The minimum Gasteiger partial charge on any atom is -0.392 e. The second kappa shape index (κ2) is 15.8. The summed E-state index contributed by atoms with van der Waals surface area (Å²) in [5, 5.41) is 15.9. The van der Waals surface area contributed by atoms with E-state index < -0.39 is 30.6 Å². The van der Waals surface area contributed by atoms with E-state index >= 15 is 0 Å². The van der Waals surface area contributed by atoms with Crippen LogP contribution in [0.15, 0.2) is 116 Å². The second-order valence-electron chi connectivity index (χ2n) is 12.0. The largest absolute Gasteiger partial charge is 0.392 e. The smallest absolute Gasteiger partial charge is 0.319 e. The molecule has 0 saturated carbocycles. The van der Waals surface area contributed by atoms with Gasteiger partial charge < -0.3 is 29.8 Å². The predicted octanol–water partition coefficient (Wildman–Crippen LogP) is 7.64. The van der Waals surface area contributed by atoms with Crippen LogP contribution >= 0.6 is 23.2 Å². The summed E-state index contributed by atoms with van der Waals surface area (Å²) < 4.78 is 15.3. The van der Waals surface area contributed by atoms with Gasteiger partial charge in [-0.3, -0.25) is 4.79 Å². The number of benzene rings is 4. The van der Waals surface area contributed by atoms with Crippen molar-refractivity contribution in [2.75, 3.05) is 5.32 Å². The van der Waals surface area contributed by atoms with Crippen molar-refractivity contribution in [3.05, 3.63) is 154 Å². The molecule has 1 saturated heterocycles. The quantitative estimate of drug-likeness (QED) is 0.131. The number of Topliss-reactive ketones (excluding diaryl/α,β-unsaturated/α-hetero) is 1. The van der Waals surface area contributed by atoms with Crippen molar-refractivity contribution in [2.45, 2.75) is 57.0 Å². The number of aromatic nitrogens is 2. The van der Waals surface area contributed by atoms with Crippen molar-refractivity contribution < 1.29 is 24.2 Å². The molecule has 3 N–H and O–H groups in total. The Labute approximate surface area is 294 Å². The highest BCUT2D eigenvalue weighted by molar-refractivity contribution is 6.40. The number of anilines is 1. The fourth-order valence-electron chi connectivity index (χ4n) is 6.06. The SMILES string of the molecule is CC(=O)[C@@H](Cc1ccccc1)NC(=O)Nc1cccc(C2O[C@H](Cn3cnc(Cl)c3Cl)[C@@H](c3ccccc3)[C@H](c3ccc(CO)cc3)O2)c1. The highest BCUT2D eigenvalue weighted by Crippen LogP contribution is 2.47. The summed E-state index contributed by atoms with van der Waals surface area (Å²) in [5.41, 5.74) is 4.81. The summed E-state index contributed by atoms with van der Waals surface area (Å²) in [5.74, 6) is -0.414. The third-order valence-electron chi connectivity index (χ3n) is 8.58. The van der Waals surface area contributed by atoms with Crippen LogP contribution in [0.1, 0.15) is 53.1 Å². The third-order valence-corrected chi connectivity index (χ3v) is 9.34. The van der Waals surface area contributed by atoms with Crippen LogP contribution in [0.5, 0.6) is 0 Å². The van der Waals surface area contributed by atoms with Gasteiger partial charge >= 0.3 is 6.03 Å². The number of imidazole rings is 1. The molecule has 2 heterocycles. The molecule has 9 nitrogen and oxygen atoms in total. The second-order valence-corrected chi connectivity index (χ2v) is 12.7. The average molecular weight is 700 g/mol. The molecular weight excluding hydrogens is 663 g/mol. The van der Waals surface area contributed by atoms with Crippen molar-refractivity contribution in [1.82, 2.24) is 14.9 Å². The number of ketones is 1. The molecule has 2 amide bonds. The Bertz CT molecular complexity index is 1870. The number of rotatable bonds is 11. The molecule has 1 unspecified atom stereocenters. The first kappa shape index (κ1) is 34.4. The number of nitrogens with one attached hydrogen (secondary N) is 2. The van der Waals surface area contributed by atoms with E-state index in [1.807, 2.05) is 91.0 Å². The minimum absolute atomic E-state index is 0.0744. The first-order valence-electron chi connectivity index (χ1n) is 15.9. The van der Waals surface area contributed by atoms with Gasteiger partial charge in [0, 0.05) is 17.2 Å². The number of carbonyl (C=O) groups is 2. The maximum atomic E-state index is 13.1. The van der Waals surface area contributed by atoms with Gasteiger partial charge in [-0.1, -0.05) is 120 Å². The van der Waals surface area contributed by atoms with Gasteiger partial charge in [0.25, 0.3) is 0 Å². The Morgan fingerprint density at radius 3 is 2.20 bits per heavy atom. The standard InChI is InChI=1S/C38H36Cl2N4O5/c1-24(46)31(19-25-9-4-2-5-10-25)43-38(47)42-30-14-8-13-29(20-30)37-48-32(21-44-23-41-35(39)36(44)40)33(27-11-6-3-7-12-27)34(49-37)28-17-15-26(22-45)16-18-28/h2-18,20,23,31-34,37,45H,19,21-22H2,1H3,(H2,42,43,47)/t31-,32-,33-,34+,37?/m1/s1. The molecular formula is C38H36Cl2N4O5. The fourth-order valence-corrected chi connectivity index (χ4v) is 6.38. The number of hydrogen-bond acceptors (Lipinski definition) is 6. The molecule has 1 fully saturated rings. The van der Waals surface area contributed by atoms with Crippen LogP contribution < -0.4 is 10.6 Å². The molecule has 0 aliphatic carbocycles. The summed E-state index contributed by atoms with van der Waals surface area (Å²) in [4.78, 5) is 29.6. The summed E-state index contributed by atoms with van der Waals surface area (Å²) >= 11 is 12.7. The number of amides is 2. The van der Waals surface area contributed by atoms with Crippen LogP contribution in [-0.2, 0) is 33.8 Å². The molecule has 6 rings (SSSR count). The number of hydrogen-bond donors (Lipinski definition) is 3. The van der Waals surface area contributed by atoms with Gasteiger partial charge in [0.2, 0.25) is 0 Å². The molecule has 5 aromatic rings. The number of carbonyl (C=O) groups excluding carboxylic acids is 2. The number of halogens is 2. The van der Waals surface area contributed by atoms with Crippen molar-refractivity contribution in [1.29, 1.82) is 0 Å². The average Bonchev–Trinajstić information content (AvgIpc) is 3.44. The summed E-state index contributed by atoms with van der Waals surface area (Å²) in [6, 6.07) is 33.2. The van der Waals surface area contributed by atoms with Crippen LogP contribution in [0.4, 0.5) is 10.5 Å². The lowest BCUT2D eigenvalue weighted by Crippen LogP contribution is -2.43. The van der Waals surface area contributed by atoms with Gasteiger partial charge in [-0.25, -0.2) is 9.78 Å². The number of aliphatic hydroxyl groups excluding tert-OH is 1. The van der Waals surface area contributed by atoms with E-state index in [9.17, 15) is 14.7 Å². The van der Waals surface area contributed by atoms with Crippen LogP contribution in [0.25, 0.3) is 0 Å². The van der Waals surface area contributed by atoms with E-state index in [1.165, 1.54) is 6.92 Å². The van der Waals surface area contributed by atoms with Crippen LogP contribution in [-0.4, -0.2) is 38.6 Å². The zero-order chi connectivity index (χ0) is 34.3. The molecule has 0 spiro atoms. The highest BCUT2D eigenvalue weighted by atomic mass is 35.5. The molecule has 252 valence electrons. The lowest BCUT2D eigenvalue weighted by molar-refractivity contribution is -0.263. The van der Waals surface area contributed by atoms with Crippen LogP contribution in [0.2, 0.25) is 10.3 Å². The van der Waals surface area contributed by atoms with Crippen molar-refractivity contribution in [3.63, 3.8) is 0 Å². The van der Waals surface area contributed by atoms with E-state index in [0.717, 1.165) is 22.3 Å². The number of ether oxygens (including phenoxy) is 2. The predicted molar refractivity (Wildman–Crippen MR) is 188 cm³/mol. The summed E-state index contributed by atoms with van der Waals surface area (Å²) in [6.07, 6.45) is 0.204. The molecule has 1 aromatic heterocycles. The van der Waals surface area contributed by atoms with E-state index in [1.54, 1.807) is 29.1 Å². The van der Waals surface area contributed by atoms with Gasteiger partial charge in [-0.15, -0.1) is 0 Å². The van der Waals surface area contributed by atoms with Gasteiger partial charge in [0.15, 0.2) is 17.2 Å². The normalized spacial score (nSPS) is 19.6. The Morgan fingerprint density at radius 1 is 0.857 bits per heavy atom. The molecule has 1 aliphatic rings. The molecule has 5 atom stereocenters. The highest BCUT2D eigenvalue weighted by Gasteiger charge is 2.42. The molecule has 0 radical (unpaired) electrons. The first-order valence-corrected chi connectivity index (χ1v) is 16.7. The number of aliphatic hydroxyl groups is 1. The van der Waals surface area contributed by atoms with E-state index in [0.29, 0.717) is 29.4 Å². The van der Waals surface area contributed by atoms with Gasteiger partial charge in [-0.2, -0.15) is 0 Å². The summed E-state index contributed by atoms with van der Waals surface area (Å²) in [6.45, 7) is 1.72. The number of urea groups is 1. The Morgan fingerprint density at radius 2 is 1.55 bits per heavy atom. The fraction of sp³-hybridized carbons (Fsp3) is 0.237. The molecule has 4 aromatic carbocycles. The van der Waals surface area contributed by atoms with E-state index in [4.69, 9.17) is 32.7 Å². The first-order chi connectivity index (χ1) is 23.8. The zero-order valence-electron chi connectivity index (χ0n) is 26.7. The molecule has 0 bridgehead atoms. The van der Waals surface area contributed by atoms with Crippen molar-refractivity contribution in [3.8, 4) is 0 Å². The maximum Gasteiger partial charge on any atom is 0.319 e. The Balaban J connectivity index is 1.29. The van der Waals surface area contributed by atoms with E-state index in [2.05, 4.69) is 15.6 Å². The third kappa shape index (κ3) is 8.39. The Hall–Kier alpha value is -4.51. The van der Waals surface area contributed by atoms with Gasteiger partial charge in [-0.05, 0) is 47.7 Å². The molecule has 49 heavy (non-hydrogen) atoms. The van der Waals surface area contributed by atoms with E-state index in [-0.39, 0.29) is 23.5 Å². The molecule has 1 aliphatic heterocycles. The Kier molecular flexibility index (Phi) is 11.1. The lowest BCUT2D eigenvalue weighted by Gasteiger charge is -2.43. The van der Waals surface area contributed by atoms with Gasteiger partial charge in [0.1, 0.15) is 5.15 Å². The van der Waals surface area contributed by atoms with Crippen molar-refractivity contribution >= 4 is 40.7 Å². The van der Waals surface area contributed by atoms with Crippen molar-refractivity contribution in [2.24, 2.45) is 0 Å². The molecule has 11 heteroatoms. The van der Waals surface area contributed by atoms with Gasteiger partial charge in [0.05, 0.1) is 37.7 Å². The monoisotopic (exact) mass is 698 g/mol. The topological polar surface area (TPSA) is 115 Å². The minimum atomic E-state index is -0.835. The lowest BCUT2D eigenvalue weighted by atomic mass is 9.83.